The van der Waals surface area contributed by atoms with Gasteiger partial charge in [-0.05, 0) is 24.3 Å². The average molecular weight is 545 g/mol. The van der Waals surface area contributed by atoms with Gasteiger partial charge in [0, 0.05) is 59.9 Å². The van der Waals surface area contributed by atoms with Crippen LogP contribution in [0.2, 0.25) is 0 Å². The summed E-state index contributed by atoms with van der Waals surface area (Å²) in [6.45, 7) is 3.18. The average Bonchev–Trinajstić information content (AvgIpc) is 2.97. The number of nitrogens with zero attached hydrogens (tertiary/aromatic N) is 2. The maximum Gasteiger partial charge on any atom is 0.269 e. The summed E-state index contributed by atoms with van der Waals surface area (Å²) in [5.41, 5.74) is 1.79. The second kappa shape index (κ2) is 15.0. The van der Waals surface area contributed by atoms with E-state index in [0.29, 0.717) is 34.0 Å². The van der Waals surface area contributed by atoms with Gasteiger partial charge in [-0.25, -0.2) is 0 Å². The molecule has 12 nitrogen and oxygen atoms in total. The Balaban J connectivity index is 2.30. The number of anilines is 2. The highest BCUT2D eigenvalue weighted by molar-refractivity contribution is 6.07. The fourth-order valence-electron chi connectivity index (χ4n) is 3.18. The van der Waals surface area contributed by atoms with Crippen molar-refractivity contribution in [2.75, 3.05) is 24.9 Å². The Bertz CT molecular complexity index is 1340. The first-order valence-corrected chi connectivity index (χ1v) is 12.0. The first kappa shape index (κ1) is 30.6. The van der Waals surface area contributed by atoms with Gasteiger partial charge in [0.1, 0.15) is 34.8 Å². The first-order valence-electron chi connectivity index (χ1n) is 12.0. The van der Waals surface area contributed by atoms with E-state index in [0.717, 1.165) is 0 Å². The molecule has 206 valence electrons. The van der Waals surface area contributed by atoms with E-state index in [4.69, 9.17) is 9.47 Å². The third-order valence-electron chi connectivity index (χ3n) is 5.34. The quantitative estimate of drug-likeness (QED) is 0.242. The van der Waals surface area contributed by atoms with Crippen LogP contribution in [0.1, 0.15) is 26.7 Å². The van der Waals surface area contributed by atoms with Crippen molar-refractivity contribution >= 4 is 35.0 Å². The summed E-state index contributed by atoms with van der Waals surface area (Å²) in [6, 6.07) is 13.7. The van der Waals surface area contributed by atoms with Crippen LogP contribution in [0.4, 0.5) is 11.4 Å². The lowest BCUT2D eigenvalue weighted by atomic mass is 10.0. The van der Waals surface area contributed by atoms with E-state index in [-0.39, 0.29) is 24.0 Å². The van der Waals surface area contributed by atoms with E-state index in [9.17, 15) is 29.7 Å². The molecule has 0 unspecified atom stereocenters. The Labute approximate surface area is 231 Å². The number of carbonyl (C=O) groups is 4. The van der Waals surface area contributed by atoms with Crippen LogP contribution >= 0.6 is 0 Å². The van der Waals surface area contributed by atoms with Crippen LogP contribution in [-0.4, -0.2) is 37.8 Å². The van der Waals surface area contributed by atoms with Gasteiger partial charge in [0.05, 0.1) is 14.2 Å². The molecule has 2 rings (SSSR count). The van der Waals surface area contributed by atoms with Crippen molar-refractivity contribution in [3.8, 4) is 34.8 Å². The lowest BCUT2D eigenvalue weighted by Crippen LogP contribution is -2.30. The number of nitrogens with one attached hydrogen (secondary N) is 4. The van der Waals surface area contributed by atoms with Crippen LogP contribution in [-0.2, 0) is 19.2 Å². The van der Waals surface area contributed by atoms with Gasteiger partial charge in [-0.2, -0.15) is 10.5 Å². The molecule has 0 aliphatic carbocycles. The Morgan fingerprint density at radius 3 is 1.40 bits per heavy atom. The molecule has 40 heavy (non-hydrogen) atoms. The van der Waals surface area contributed by atoms with Gasteiger partial charge in [-0.3, -0.25) is 29.8 Å². The predicted octanol–water partition coefficient (Wildman–Crippen LogP) is 3.12. The van der Waals surface area contributed by atoms with Gasteiger partial charge < -0.3 is 20.1 Å². The predicted molar refractivity (Wildman–Crippen MR) is 147 cm³/mol. The minimum atomic E-state index is -0.810. The smallest absolute Gasteiger partial charge is 0.269 e. The molecule has 2 aromatic rings. The van der Waals surface area contributed by atoms with E-state index in [1.54, 1.807) is 62.4 Å². The number of ether oxygens (including phenoxy) is 2. The van der Waals surface area contributed by atoms with Gasteiger partial charge in [-0.15, -0.1) is 0 Å². The zero-order chi connectivity index (χ0) is 29.7. The molecule has 12 heteroatoms. The number of hydrogen-bond acceptors (Lipinski definition) is 10. The largest absolute Gasteiger partial charge is 0.496 e. The molecule has 2 aromatic carbocycles. The van der Waals surface area contributed by atoms with E-state index in [2.05, 4.69) is 21.3 Å². The second-order valence-corrected chi connectivity index (χ2v) is 7.92. The zero-order valence-corrected chi connectivity index (χ0v) is 22.4. The van der Waals surface area contributed by atoms with E-state index >= 15 is 0 Å². The molecule has 0 aliphatic heterocycles. The second-order valence-electron chi connectivity index (χ2n) is 7.92. The number of rotatable bonds is 11. The maximum atomic E-state index is 12.1. The minimum absolute atomic E-state index is 0.104. The highest BCUT2D eigenvalue weighted by atomic mass is 16.5. The Hall–Kier alpha value is -5.62. The molecule has 0 saturated carbocycles. The van der Waals surface area contributed by atoms with E-state index in [1.165, 1.54) is 26.6 Å². The molecule has 0 aliphatic rings. The van der Waals surface area contributed by atoms with Crippen LogP contribution in [0.15, 0.2) is 59.9 Å². The molecule has 0 fully saturated rings. The summed E-state index contributed by atoms with van der Waals surface area (Å²) < 4.78 is 11.1. The molecule has 0 radical (unpaired) electrons. The summed E-state index contributed by atoms with van der Waals surface area (Å²) in [6.07, 6.45) is 2.59. The molecular weight excluding hydrogens is 516 g/mol. The van der Waals surface area contributed by atoms with Crippen molar-refractivity contribution in [2.45, 2.75) is 26.7 Å². The summed E-state index contributed by atoms with van der Waals surface area (Å²) in [4.78, 5) is 47.0. The van der Waals surface area contributed by atoms with Crippen LogP contribution in [0.5, 0.6) is 11.5 Å². The summed E-state index contributed by atoms with van der Waals surface area (Å²) in [7, 11) is 2.96. The monoisotopic (exact) mass is 544 g/mol. The molecule has 0 heterocycles. The summed E-state index contributed by atoms with van der Waals surface area (Å²) in [5, 5.41) is 28.5. The minimum Gasteiger partial charge on any atom is -0.496 e. The van der Waals surface area contributed by atoms with Crippen molar-refractivity contribution < 1.29 is 28.7 Å². The van der Waals surface area contributed by atoms with E-state index < -0.39 is 23.6 Å². The lowest BCUT2D eigenvalue weighted by molar-refractivity contribution is -0.129. The molecule has 0 bridgehead atoms. The third-order valence-corrected chi connectivity index (χ3v) is 5.34. The zero-order valence-electron chi connectivity index (χ0n) is 22.4. The van der Waals surface area contributed by atoms with Crippen molar-refractivity contribution in [2.24, 2.45) is 0 Å². The standard InChI is InChI=1S/C28H28N6O6/c1-5-25(35)33-27(37)17(13-29)15-31-19-7-9-21(23(11-19)39-3)22-10-8-20(12-24(22)40-4)32-16-18(14-30)28(38)34-26(36)6-2/h7-12,15-16,31-32H,5-6H2,1-4H3,(H,33,35,37)(H,34,36,38)/b17-15-,18-16-. The molecule has 0 saturated heterocycles. The van der Waals surface area contributed by atoms with Crippen molar-refractivity contribution in [3.05, 3.63) is 59.9 Å². The third kappa shape index (κ3) is 8.19. The highest BCUT2D eigenvalue weighted by Gasteiger charge is 2.15. The first-order chi connectivity index (χ1) is 19.2. The summed E-state index contributed by atoms with van der Waals surface area (Å²) >= 11 is 0. The number of nitriles is 2. The van der Waals surface area contributed by atoms with E-state index in [1.807, 2.05) is 0 Å². The SMILES string of the molecule is CCC(=O)NC(=O)/C(C#N)=C\Nc1ccc(-c2ccc(N/C=C(/C#N)C(=O)NC(=O)CC)cc2OC)c(OC)c1. The van der Waals surface area contributed by atoms with Crippen LogP contribution in [0.3, 0.4) is 0 Å². The molecule has 4 N–H and O–H groups in total. The number of hydrogen-bond donors (Lipinski definition) is 4. The molecule has 0 aromatic heterocycles. The van der Waals surface area contributed by atoms with Crippen LogP contribution in [0.25, 0.3) is 11.1 Å². The lowest BCUT2D eigenvalue weighted by Gasteiger charge is -2.15. The fraction of sp³-hybridized carbons (Fsp3) is 0.214. The van der Waals surface area contributed by atoms with Gasteiger partial charge in [0.25, 0.3) is 11.8 Å². The topological polar surface area (TPSA) is 182 Å². The fourth-order valence-corrected chi connectivity index (χ4v) is 3.18. The molecule has 0 atom stereocenters. The molecular formula is C28H28N6O6. The number of carbonyl (C=O) groups excluding carboxylic acids is 4. The Morgan fingerprint density at radius 2 is 1.10 bits per heavy atom. The van der Waals surface area contributed by atoms with Crippen LogP contribution in [0, 0.1) is 22.7 Å². The van der Waals surface area contributed by atoms with Gasteiger partial charge >= 0.3 is 0 Å². The normalized spacial score (nSPS) is 10.8. The Kier molecular flexibility index (Phi) is 11.4. The Morgan fingerprint density at radius 1 is 0.725 bits per heavy atom. The van der Waals surface area contributed by atoms with Crippen LogP contribution < -0.4 is 30.7 Å². The summed E-state index contributed by atoms with van der Waals surface area (Å²) in [5.74, 6) is -1.71. The number of amides is 4. The van der Waals surface area contributed by atoms with Crippen molar-refractivity contribution in [1.29, 1.82) is 10.5 Å². The van der Waals surface area contributed by atoms with Gasteiger partial charge in [0.15, 0.2) is 0 Å². The molecule has 0 spiro atoms. The van der Waals surface area contributed by atoms with Crippen molar-refractivity contribution in [3.63, 3.8) is 0 Å². The number of methoxy groups -OCH3 is 2. The van der Waals surface area contributed by atoms with Crippen molar-refractivity contribution in [1.82, 2.24) is 10.6 Å². The maximum absolute atomic E-state index is 12.1. The number of benzene rings is 2. The highest BCUT2D eigenvalue weighted by Crippen LogP contribution is 2.39. The number of imide groups is 2. The molecule has 4 amide bonds. The van der Waals surface area contributed by atoms with Gasteiger partial charge in [0.2, 0.25) is 11.8 Å². The van der Waals surface area contributed by atoms with Gasteiger partial charge in [-0.1, -0.05) is 13.8 Å².